The predicted octanol–water partition coefficient (Wildman–Crippen LogP) is 1.83. The SMILES string of the molecule is [2H]C([2H])([2H])C([2H])([2H])C([2H])([2H])I. The maximum Gasteiger partial charge on any atom is 0.0377 e. The van der Waals surface area contributed by atoms with Gasteiger partial charge in [-0.25, -0.2) is 0 Å². The van der Waals surface area contributed by atoms with Gasteiger partial charge in [0.1, 0.15) is 0 Å². The minimum Gasteiger partial charge on any atom is -0.0864 e. The Hall–Kier alpha value is 0.730. The molecule has 0 amide bonds. The van der Waals surface area contributed by atoms with Crippen LogP contribution in [-0.4, -0.2) is 4.38 Å². The van der Waals surface area contributed by atoms with Crippen molar-refractivity contribution in [3.05, 3.63) is 0 Å². The molecule has 0 aromatic carbocycles. The highest BCUT2D eigenvalue weighted by Gasteiger charge is 1.58. The van der Waals surface area contributed by atoms with E-state index in [1.54, 1.807) is 0 Å². The van der Waals surface area contributed by atoms with Gasteiger partial charge in [-0.1, -0.05) is 29.4 Å². The second kappa shape index (κ2) is 3.73. The lowest BCUT2D eigenvalue weighted by Gasteiger charge is -1.66. The zero-order chi connectivity index (χ0) is 9.50. The van der Waals surface area contributed by atoms with Crippen LogP contribution in [-0.2, 0) is 0 Å². The van der Waals surface area contributed by atoms with Crippen molar-refractivity contribution in [2.75, 3.05) is 4.38 Å². The molecule has 0 aromatic heterocycles. The predicted molar refractivity (Wildman–Crippen MR) is 29.2 cm³/mol. The number of halogens is 1. The Morgan fingerprint density at radius 2 is 3.25 bits per heavy atom. The van der Waals surface area contributed by atoms with E-state index in [1.807, 2.05) is 0 Å². The maximum atomic E-state index is 6.95. The second-order valence-electron chi connectivity index (χ2n) is 0.219. The molecule has 1 heteroatoms. The largest absolute Gasteiger partial charge is 0.0864 e. The molecule has 0 aromatic rings. The zero-order valence-corrected chi connectivity index (χ0v) is 4.04. The standard InChI is InChI=1S/C3H7I/c1-2-3-4/h2-3H2,1H3/i1D3,2D2,3D2. The van der Waals surface area contributed by atoms with Crippen molar-refractivity contribution in [1.29, 1.82) is 0 Å². The number of hydrogen-bond donors (Lipinski definition) is 0. The average molecular weight is 177 g/mol. The minimum atomic E-state index is -2.92. The van der Waals surface area contributed by atoms with Crippen LogP contribution in [0.4, 0.5) is 0 Å². The minimum absolute atomic E-state index is 1.14. The van der Waals surface area contributed by atoms with Crippen molar-refractivity contribution in [2.24, 2.45) is 0 Å². The lowest BCUT2D eigenvalue weighted by molar-refractivity contribution is 1.13. The van der Waals surface area contributed by atoms with Gasteiger partial charge in [-0.3, -0.25) is 0 Å². The smallest absolute Gasteiger partial charge is 0.0377 e. The first-order valence-corrected chi connectivity index (χ1v) is 1.77. The summed E-state index contributed by atoms with van der Waals surface area (Å²) in [6, 6.07) is 0. The van der Waals surface area contributed by atoms with Gasteiger partial charge in [-0.2, -0.15) is 0 Å². The summed E-state index contributed by atoms with van der Waals surface area (Å²) in [4.78, 5) is 0. The van der Waals surface area contributed by atoms with E-state index in [-0.39, 0.29) is 0 Å². The van der Waals surface area contributed by atoms with Gasteiger partial charge in [0.05, 0.1) is 0 Å². The average Bonchev–Trinajstić information content (AvgIpc) is 1.58. The molecule has 0 aliphatic carbocycles. The first-order valence-electron chi connectivity index (χ1n) is 4.19. The van der Waals surface area contributed by atoms with E-state index in [0.29, 0.717) is 0 Å². The summed E-state index contributed by atoms with van der Waals surface area (Å²) in [5.41, 5.74) is 0. The molecule has 0 nitrogen and oxygen atoms in total. The Kier molecular flexibility index (Phi) is 0.533. The Bertz CT molecular complexity index is 125. The molecule has 0 saturated heterocycles. The summed E-state index contributed by atoms with van der Waals surface area (Å²) in [7, 11) is 0. The first-order chi connectivity index (χ1) is 4.50. The molecule has 0 rings (SSSR count). The molecule has 0 aliphatic rings. The highest BCUT2D eigenvalue weighted by molar-refractivity contribution is 14.1. The fraction of sp³-hybridized carbons (Fsp3) is 1.00. The van der Waals surface area contributed by atoms with Crippen LogP contribution in [0.2, 0.25) is 0 Å². The molecule has 0 aliphatic heterocycles. The third-order valence-corrected chi connectivity index (χ3v) is 0.317. The van der Waals surface area contributed by atoms with Gasteiger partial charge < -0.3 is 0 Å². The molecule has 0 N–H and O–H groups in total. The summed E-state index contributed by atoms with van der Waals surface area (Å²) < 4.78 is 45.5. The molecule has 0 fully saturated rings. The first kappa shape index (κ1) is 0.572. The Balaban J connectivity index is 4.75. The summed E-state index contributed by atoms with van der Waals surface area (Å²) in [5, 5.41) is 0. The van der Waals surface area contributed by atoms with Crippen molar-refractivity contribution in [3.63, 3.8) is 0 Å². The van der Waals surface area contributed by atoms with E-state index in [0.717, 1.165) is 22.6 Å². The van der Waals surface area contributed by atoms with Crippen LogP contribution in [0.5, 0.6) is 0 Å². The summed E-state index contributed by atoms with van der Waals surface area (Å²) >= 11 is 1.14. The molecule has 0 bridgehead atoms. The zero-order valence-electron chi connectivity index (χ0n) is 8.88. The molecule has 0 saturated carbocycles. The van der Waals surface area contributed by atoms with Gasteiger partial charge in [0.15, 0.2) is 0 Å². The van der Waals surface area contributed by atoms with Crippen molar-refractivity contribution >= 4 is 22.6 Å². The number of alkyl halides is 1. The van der Waals surface area contributed by atoms with Crippen LogP contribution in [0.15, 0.2) is 0 Å². The fourth-order valence-corrected chi connectivity index (χ4v) is 0. The lowest BCUT2D eigenvalue weighted by Crippen LogP contribution is -1.54. The van der Waals surface area contributed by atoms with Crippen molar-refractivity contribution < 1.29 is 9.60 Å². The van der Waals surface area contributed by atoms with Crippen LogP contribution in [0.25, 0.3) is 0 Å². The Morgan fingerprint density at radius 3 is 3.25 bits per heavy atom. The van der Waals surface area contributed by atoms with Crippen LogP contribution in [0.3, 0.4) is 0 Å². The molecule has 0 radical (unpaired) electrons. The van der Waals surface area contributed by atoms with Crippen molar-refractivity contribution in [3.8, 4) is 0 Å². The Morgan fingerprint density at radius 1 is 2.50 bits per heavy atom. The third-order valence-electron chi connectivity index (χ3n) is 0.0472. The van der Waals surface area contributed by atoms with E-state index in [4.69, 9.17) is 9.60 Å². The molecular weight excluding hydrogens is 163 g/mol. The van der Waals surface area contributed by atoms with E-state index in [9.17, 15) is 0 Å². The molecule has 0 unspecified atom stereocenters. The van der Waals surface area contributed by atoms with Crippen LogP contribution < -0.4 is 0 Å². The van der Waals surface area contributed by atoms with Gasteiger partial charge in [-0.15, -0.1) is 0 Å². The lowest BCUT2D eigenvalue weighted by atomic mass is 10.6. The summed E-state index contributed by atoms with van der Waals surface area (Å²) in [5.74, 6) is 0. The monoisotopic (exact) mass is 177 g/mol. The number of hydrogen-bond acceptors (Lipinski definition) is 0. The van der Waals surface area contributed by atoms with Gasteiger partial charge in [-0.05, 0) is 10.8 Å². The fourth-order valence-electron chi connectivity index (χ4n) is 0. The van der Waals surface area contributed by atoms with Gasteiger partial charge >= 0.3 is 0 Å². The van der Waals surface area contributed by atoms with Gasteiger partial charge in [0, 0.05) is 9.60 Å². The number of rotatable bonds is 1. The van der Waals surface area contributed by atoms with Crippen LogP contribution >= 0.6 is 22.6 Å². The second-order valence-corrected chi connectivity index (χ2v) is 0.759. The van der Waals surface area contributed by atoms with E-state index in [2.05, 4.69) is 0 Å². The highest BCUT2D eigenvalue weighted by atomic mass is 127. The van der Waals surface area contributed by atoms with E-state index >= 15 is 0 Å². The molecule has 4 heavy (non-hydrogen) atoms. The normalized spacial score (nSPS) is 43.8. The quantitative estimate of drug-likeness (QED) is 0.423. The summed E-state index contributed by atoms with van der Waals surface area (Å²) in [6.45, 7) is -2.92. The topological polar surface area (TPSA) is 0 Å². The van der Waals surface area contributed by atoms with Crippen LogP contribution in [0, 0.1) is 0 Å². The van der Waals surface area contributed by atoms with Crippen molar-refractivity contribution in [2.45, 2.75) is 13.2 Å². The molecule has 0 atom stereocenters. The van der Waals surface area contributed by atoms with E-state index < -0.39 is 17.6 Å². The van der Waals surface area contributed by atoms with Gasteiger partial charge in [0.25, 0.3) is 0 Å². The highest BCUT2D eigenvalue weighted by Crippen LogP contribution is 1.81. The summed E-state index contributed by atoms with van der Waals surface area (Å²) in [6.07, 6.45) is -2.80. The van der Waals surface area contributed by atoms with Crippen LogP contribution in [0.1, 0.15) is 22.8 Å². The third kappa shape index (κ3) is 2.73. The maximum absolute atomic E-state index is 6.95. The van der Waals surface area contributed by atoms with Crippen molar-refractivity contribution in [1.82, 2.24) is 0 Å². The van der Waals surface area contributed by atoms with E-state index in [1.165, 1.54) is 0 Å². The molecule has 0 spiro atoms. The van der Waals surface area contributed by atoms with Gasteiger partial charge in [0.2, 0.25) is 0 Å². The molecular formula is C3H7I. The molecule has 26 valence electrons. The molecule has 0 heterocycles. The Labute approximate surface area is 50.6 Å².